The first-order valence-electron chi connectivity index (χ1n) is 4.81. The Morgan fingerprint density at radius 1 is 1.69 bits per heavy atom. The van der Waals surface area contributed by atoms with E-state index in [0.717, 1.165) is 18.2 Å². The second-order valence-electron chi connectivity index (χ2n) is 3.35. The predicted octanol–water partition coefficient (Wildman–Crippen LogP) is 2.22. The summed E-state index contributed by atoms with van der Waals surface area (Å²) in [6.07, 6.45) is 1.59. The van der Waals surface area contributed by atoms with Gasteiger partial charge in [-0.05, 0) is 30.5 Å². The van der Waals surface area contributed by atoms with Crippen molar-refractivity contribution in [1.29, 1.82) is 0 Å². The average Bonchev–Trinajstić information content (AvgIpc) is 2.76. The minimum absolute atomic E-state index is 0.415. The molecule has 1 unspecified atom stereocenters. The number of nitrogens with zero attached hydrogens (tertiary/aromatic N) is 1. The van der Waals surface area contributed by atoms with Gasteiger partial charge in [-0.3, -0.25) is 4.90 Å². The highest BCUT2D eigenvalue weighted by molar-refractivity contribution is 7.11. The third-order valence-electron chi connectivity index (χ3n) is 2.45. The molecule has 0 aromatic carbocycles. The molecule has 0 spiro atoms. The van der Waals surface area contributed by atoms with Crippen molar-refractivity contribution < 1.29 is 4.74 Å². The molecule has 2 heterocycles. The number of thiophene rings is 1. The maximum Gasteiger partial charge on any atom is 0.174 e. The van der Waals surface area contributed by atoms with Crippen LogP contribution in [-0.2, 0) is 0 Å². The highest BCUT2D eigenvalue weighted by Gasteiger charge is 2.22. The van der Waals surface area contributed by atoms with Gasteiger partial charge >= 0.3 is 0 Å². The summed E-state index contributed by atoms with van der Waals surface area (Å²) in [6, 6.07) is 4.08. The van der Waals surface area contributed by atoms with Crippen molar-refractivity contribution in [1.82, 2.24) is 4.90 Å². The zero-order chi connectivity index (χ0) is 9.10. The number of hydrogen-bond donors (Lipinski definition) is 0. The first-order chi connectivity index (χ1) is 6.38. The molecule has 0 bridgehead atoms. The molecule has 0 aliphatic carbocycles. The minimum atomic E-state index is 0.415. The summed E-state index contributed by atoms with van der Waals surface area (Å²) in [6.45, 7) is 5.62. The van der Waals surface area contributed by atoms with E-state index in [1.807, 2.05) is 12.1 Å². The van der Waals surface area contributed by atoms with Crippen LogP contribution in [0.25, 0.3) is 0 Å². The smallest absolute Gasteiger partial charge is 0.174 e. The van der Waals surface area contributed by atoms with E-state index in [4.69, 9.17) is 4.74 Å². The van der Waals surface area contributed by atoms with Crippen LogP contribution >= 0.6 is 11.3 Å². The molecule has 1 saturated heterocycles. The molecule has 0 radical (unpaired) electrons. The number of rotatable bonds is 3. The molecule has 72 valence electrons. The molecule has 1 atom stereocenters. The summed E-state index contributed by atoms with van der Waals surface area (Å²) >= 11 is 1.68. The van der Waals surface area contributed by atoms with Gasteiger partial charge in [0.15, 0.2) is 5.06 Å². The van der Waals surface area contributed by atoms with Crippen LogP contribution in [0.5, 0.6) is 5.06 Å². The van der Waals surface area contributed by atoms with Gasteiger partial charge in [0, 0.05) is 13.1 Å². The molecule has 1 fully saturated rings. The number of likely N-dealkylation sites (tertiary alicyclic amines) is 1. The molecule has 1 aliphatic rings. The van der Waals surface area contributed by atoms with Gasteiger partial charge in [0.25, 0.3) is 0 Å². The molecular weight excluding hydrogens is 182 g/mol. The van der Waals surface area contributed by atoms with Crippen molar-refractivity contribution >= 4 is 11.3 Å². The lowest BCUT2D eigenvalue weighted by molar-refractivity contribution is 0.208. The Morgan fingerprint density at radius 3 is 3.23 bits per heavy atom. The Bertz CT molecular complexity index is 247. The molecule has 13 heavy (non-hydrogen) atoms. The molecule has 3 heteroatoms. The number of likely N-dealkylation sites (N-methyl/N-ethyl adjacent to an activating group) is 1. The van der Waals surface area contributed by atoms with Gasteiger partial charge in [0.05, 0.1) is 0 Å². The fourth-order valence-corrected chi connectivity index (χ4v) is 2.32. The number of ether oxygens (including phenoxy) is 1. The van der Waals surface area contributed by atoms with Crippen LogP contribution in [0, 0.1) is 0 Å². The van der Waals surface area contributed by atoms with Gasteiger partial charge in [-0.1, -0.05) is 6.92 Å². The van der Waals surface area contributed by atoms with E-state index in [9.17, 15) is 0 Å². The van der Waals surface area contributed by atoms with Crippen LogP contribution in [0.1, 0.15) is 13.3 Å². The molecule has 1 aromatic rings. The van der Waals surface area contributed by atoms with Crippen LogP contribution in [0.3, 0.4) is 0 Å². The molecule has 1 aliphatic heterocycles. The molecule has 2 rings (SSSR count). The van der Waals surface area contributed by atoms with Gasteiger partial charge < -0.3 is 4.74 Å². The van der Waals surface area contributed by atoms with Crippen LogP contribution in [0.15, 0.2) is 17.5 Å². The lowest BCUT2D eigenvalue weighted by Crippen LogP contribution is -2.24. The van der Waals surface area contributed by atoms with Gasteiger partial charge in [-0.15, -0.1) is 11.3 Å². The Balaban J connectivity index is 1.84. The van der Waals surface area contributed by atoms with Crippen LogP contribution < -0.4 is 4.74 Å². The lowest BCUT2D eigenvalue weighted by Gasteiger charge is -2.13. The fraction of sp³-hybridized carbons (Fsp3) is 0.600. The van der Waals surface area contributed by atoms with Gasteiger partial charge in [0.2, 0.25) is 0 Å². The fourth-order valence-electron chi connectivity index (χ4n) is 1.68. The van der Waals surface area contributed by atoms with E-state index in [0.29, 0.717) is 6.10 Å². The Kier molecular flexibility index (Phi) is 2.86. The maximum absolute atomic E-state index is 5.82. The van der Waals surface area contributed by atoms with Crippen LogP contribution in [-0.4, -0.2) is 30.6 Å². The van der Waals surface area contributed by atoms with Gasteiger partial charge in [-0.25, -0.2) is 0 Å². The van der Waals surface area contributed by atoms with Crippen LogP contribution in [0.4, 0.5) is 0 Å². The molecule has 0 saturated carbocycles. The second kappa shape index (κ2) is 4.11. The lowest BCUT2D eigenvalue weighted by atomic mass is 10.3. The summed E-state index contributed by atoms with van der Waals surface area (Å²) in [5.41, 5.74) is 0. The second-order valence-corrected chi connectivity index (χ2v) is 4.26. The number of hydrogen-bond acceptors (Lipinski definition) is 3. The topological polar surface area (TPSA) is 12.5 Å². The standard InChI is InChI=1S/C10H15NOS/c1-2-11-6-5-9(8-11)12-10-4-3-7-13-10/h3-4,7,9H,2,5-6,8H2,1H3. The normalized spacial score (nSPS) is 23.6. The summed E-state index contributed by atoms with van der Waals surface area (Å²) in [5.74, 6) is 0. The average molecular weight is 197 g/mol. The highest BCUT2D eigenvalue weighted by atomic mass is 32.1. The zero-order valence-corrected chi connectivity index (χ0v) is 8.72. The minimum Gasteiger partial charge on any atom is -0.479 e. The van der Waals surface area contributed by atoms with E-state index < -0.39 is 0 Å². The first-order valence-corrected chi connectivity index (χ1v) is 5.69. The van der Waals surface area contributed by atoms with E-state index in [1.54, 1.807) is 11.3 Å². The van der Waals surface area contributed by atoms with Gasteiger partial charge in [-0.2, -0.15) is 0 Å². The third-order valence-corrected chi connectivity index (χ3v) is 3.21. The van der Waals surface area contributed by atoms with Crippen molar-refractivity contribution in [2.75, 3.05) is 19.6 Å². The Labute approximate surface area is 83.1 Å². The molecule has 0 N–H and O–H groups in total. The summed E-state index contributed by atoms with van der Waals surface area (Å²) in [5, 5.41) is 3.12. The van der Waals surface area contributed by atoms with Crippen molar-refractivity contribution in [2.45, 2.75) is 19.4 Å². The van der Waals surface area contributed by atoms with Gasteiger partial charge in [0.1, 0.15) is 6.10 Å². The van der Waals surface area contributed by atoms with Crippen molar-refractivity contribution in [2.24, 2.45) is 0 Å². The largest absolute Gasteiger partial charge is 0.479 e. The summed E-state index contributed by atoms with van der Waals surface area (Å²) in [7, 11) is 0. The summed E-state index contributed by atoms with van der Waals surface area (Å²) < 4.78 is 5.82. The van der Waals surface area contributed by atoms with Crippen LogP contribution in [0.2, 0.25) is 0 Å². The van der Waals surface area contributed by atoms with E-state index in [2.05, 4.69) is 17.2 Å². The summed E-state index contributed by atoms with van der Waals surface area (Å²) in [4.78, 5) is 2.43. The van der Waals surface area contributed by atoms with E-state index >= 15 is 0 Å². The Hall–Kier alpha value is -0.540. The Morgan fingerprint density at radius 2 is 2.62 bits per heavy atom. The molecule has 1 aromatic heterocycles. The van der Waals surface area contributed by atoms with Crippen molar-refractivity contribution in [3.63, 3.8) is 0 Å². The molecule has 0 amide bonds. The highest BCUT2D eigenvalue weighted by Crippen LogP contribution is 2.22. The quantitative estimate of drug-likeness (QED) is 0.736. The van der Waals surface area contributed by atoms with Crippen molar-refractivity contribution in [3.05, 3.63) is 17.5 Å². The predicted molar refractivity (Wildman–Crippen MR) is 55.5 cm³/mol. The first kappa shape index (κ1) is 9.03. The third kappa shape index (κ3) is 2.23. The monoisotopic (exact) mass is 197 g/mol. The van der Waals surface area contributed by atoms with E-state index in [-0.39, 0.29) is 0 Å². The maximum atomic E-state index is 5.82. The molecular formula is C10H15NOS. The van der Waals surface area contributed by atoms with E-state index in [1.165, 1.54) is 13.0 Å². The molecule has 2 nitrogen and oxygen atoms in total. The SMILES string of the molecule is CCN1CCC(Oc2cccs2)C1. The zero-order valence-electron chi connectivity index (χ0n) is 7.90. The van der Waals surface area contributed by atoms with Crippen molar-refractivity contribution in [3.8, 4) is 5.06 Å².